The molecular weight excluding hydrogens is 416 g/mol. The van der Waals surface area contributed by atoms with Crippen molar-refractivity contribution in [3.63, 3.8) is 0 Å². The van der Waals surface area contributed by atoms with Crippen molar-refractivity contribution in [1.29, 1.82) is 0 Å². The van der Waals surface area contributed by atoms with Crippen LogP contribution in [0, 0.1) is 0 Å². The molecule has 166 valence electrons. The van der Waals surface area contributed by atoms with Crippen LogP contribution in [-0.2, 0) is 12.0 Å². The van der Waals surface area contributed by atoms with E-state index >= 15 is 0 Å². The molecule has 0 spiro atoms. The molecule has 2 aromatic rings. The average Bonchev–Trinajstić information content (AvgIpc) is 3.19. The molecule has 1 aliphatic heterocycles. The first-order chi connectivity index (χ1) is 14.8. The van der Waals surface area contributed by atoms with Crippen molar-refractivity contribution in [2.45, 2.75) is 63.6 Å². The van der Waals surface area contributed by atoms with Gasteiger partial charge in [0.05, 0.1) is 0 Å². The Labute approximate surface area is 187 Å². The van der Waals surface area contributed by atoms with E-state index in [-0.39, 0.29) is 41.0 Å². The number of hydrogen-bond acceptors (Lipinski definition) is 5. The number of hydrogen-bond donors (Lipinski definition) is 2. The third-order valence-electron chi connectivity index (χ3n) is 6.57. The number of carbonyl (C=O) groups is 2. The molecule has 2 amide bonds. The van der Waals surface area contributed by atoms with Crippen LogP contribution < -0.4 is 11.1 Å². The minimum Gasteiger partial charge on any atom is -0.347 e. The van der Waals surface area contributed by atoms with E-state index in [1.807, 2.05) is 36.9 Å². The van der Waals surface area contributed by atoms with Crippen LogP contribution in [0.1, 0.15) is 66.3 Å². The summed E-state index contributed by atoms with van der Waals surface area (Å²) in [5.41, 5.74) is 7.28. The summed E-state index contributed by atoms with van der Waals surface area (Å²) in [7, 11) is 0. The van der Waals surface area contributed by atoms with E-state index in [0.29, 0.717) is 19.6 Å². The number of carbonyl (C=O) groups excluding carboxylic acids is 2. The van der Waals surface area contributed by atoms with Gasteiger partial charge < -0.3 is 16.0 Å². The van der Waals surface area contributed by atoms with Gasteiger partial charge in [-0.2, -0.15) is 0 Å². The molecule has 8 nitrogen and oxygen atoms in total. The molecule has 1 fully saturated rings. The molecule has 3 N–H and O–H groups in total. The number of halogens is 1. The lowest BCUT2D eigenvalue weighted by molar-refractivity contribution is 0.0520. The Morgan fingerprint density at radius 2 is 2.03 bits per heavy atom. The van der Waals surface area contributed by atoms with Gasteiger partial charge in [-0.1, -0.05) is 23.7 Å². The van der Waals surface area contributed by atoms with Crippen LogP contribution in [0.3, 0.4) is 0 Å². The van der Waals surface area contributed by atoms with Crippen LogP contribution >= 0.6 is 11.6 Å². The Morgan fingerprint density at radius 3 is 2.68 bits per heavy atom. The molecule has 2 heterocycles. The molecule has 2 aliphatic rings. The van der Waals surface area contributed by atoms with Crippen LogP contribution in [0.4, 0.5) is 0 Å². The normalized spacial score (nSPS) is 23.7. The zero-order chi connectivity index (χ0) is 22.2. The first-order valence-electron chi connectivity index (χ1n) is 10.9. The van der Waals surface area contributed by atoms with E-state index in [2.05, 4.69) is 21.6 Å². The van der Waals surface area contributed by atoms with Crippen LogP contribution in [-0.4, -0.2) is 56.7 Å². The van der Waals surface area contributed by atoms with E-state index in [0.717, 1.165) is 30.7 Å². The zero-order valence-corrected chi connectivity index (χ0v) is 18.7. The highest BCUT2D eigenvalue weighted by molar-refractivity contribution is 6.30. The first kappa shape index (κ1) is 21.8. The summed E-state index contributed by atoms with van der Waals surface area (Å²) in [6.45, 7) is 5.37. The summed E-state index contributed by atoms with van der Waals surface area (Å²) in [4.78, 5) is 27.4. The van der Waals surface area contributed by atoms with Gasteiger partial charge in [0.2, 0.25) is 11.6 Å². The van der Waals surface area contributed by atoms with Crippen LogP contribution in [0.2, 0.25) is 5.02 Å². The van der Waals surface area contributed by atoms with Gasteiger partial charge in [0.15, 0.2) is 0 Å². The zero-order valence-electron chi connectivity index (χ0n) is 18.0. The van der Waals surface area contributed by atoms with Gasteiger partial charge in [-0.05, 0) is 57.2 Å². The molecule has 0 atom stereocenters. The minimum absolute atomic E-state index is 0.0132. The number of aromatic nitrogens is 3. The largest absolute Gasteiger partial charge is 0.347 e. The second-order valence-electron chi connectivity index (χ2n) is 8.85. The number of nitrogens with zero attached hydrogens (tertiary/aromatic N) is 4. The molecule has 4 rings (SSSR count). The Morgan fingerprint density at radius 1 is 1.29 bits per heavy atom. The number of benzene rings is 1. The molecule has 0 saturated heterocycles. The Bertz CT molecular complexity index is 980. The van der Waals surface area contributed by atoms with E-state index in [1.165, 1.54) is 5.56 Å². The Kier molecular flexibility index (Phi) is 6.03. The van der Waals surface area contributed by atoms with E-state index < -0.39 is 0 Å². The first-order valence-corrected chi connectivity index (χ1v) is 11.2. The maximum absolute atomic E-state index is 13.1. The molecule has 1 saturated carbocycles. The molecule has 0 bridgehead atoms. The summed E-state index contributed by atoms with van der Waals surface area (Å²) in [5.74, 6) is -0.0219. The molecule has 0 unspecified atom stereocenters. The Balaban J connectivity index is 1.48. The van der Waals surface area contributed by atoms with E-state index in [4.69, 9.17) is 17.3 Å². The molecule has 31 heavy (non-hydrogen) atoms. The fraction of sp³-hybridized carbons (Fsp3) is 0.545. The maximum atomic E-state index is 13.1. The molecule has 9 heteroatoms. The number of nitrogens with two attached hydrogens (primary N) is 1. The van der Waals surface area contributed by atoms with Crippen molar-refractivity contribution in [2.75, 3.05) is 13.1 Å². The minimum atomic E-state index is -0.304. The smallest absolute Gasteiger partial charge is 0.292 e. The van der Waals surface area contributed by atoms with Crippen molar-refractivity contribution < 1.29 is 9.59 Å². The van der Waals surface area contributed by atoms with Crippen LogP contribution in [0.5, 0.6) is 0 Å². The van der Waals surface area contributed by atoms with Gasteiger partial charge in [-0.25, -0.2) is 0 Å². The third-order valence-corrected chi connectivity index (χ3v) is 6.81. The predicted molar refractivity (Wildman–Crippen MR) is 118 cm³/mol. The van der Waals surface area contributed by atoms with Crippen LogP contribution in [0.25, 0.3) is 0 Å². The van der Waals surface area contributed by atoms with E-state index in [1.54, 1.807) is 4.57 Å². The van der Waals surface area contributed by atoms with Gasteiger partial charge in [0, 0.05) is 42.2 Å². The second-order valence-corrected chi connectivity index (χ2v) is 9.29. The van der Waals surface area contributed by atoms with E-state index in [9.17, 15) is 9.59 Å². The fourth-order valence-corrected chi connectivity index (χ4v) is 5.04. The van der Waals surface area contributed by atoms with Gasteiger partial charge in [0.1, 0.15) is 0 Å². The lowest BCUT2D eigenvalue weighted by Gasteiger charge is -2.44. The summed E-state index contributed by atoms with van der Waals surface area (Å²) >= 11 is 6.22. The summed E-state index contributed by atoms with van der Waals surface area (Å²) < 4.78 is 1.63. The van der Waals surface area contributed by atoms with Crippen molar-refractivity contribution in [1.82, 2.24) is 25.0 Å². The quantitative estimate of drug-likeness (QED) is 0.736. The summed E-state index contributed by atoms with van der Waals surface area (Å²) in [6, 6.07) is 8.06. The SMILES string of the molecule is CC(C)NC(=O)c1nnc2n1CCN(C1CCC(CN)(c3cccc(Cl)c3)CC1)C2=O. The lowest BCUT2D eigenvalue weighted by atomic mass is 9.68. The van der Waals surface area contributed by atoms with Gasteiger partial charge in [0.25, 0.3) is 11.8 Å². The predicted octanol–water partition coefficient (Wildman–Crippen LogP) is 2.36. The summed E-state index contributed by atoms with van der Waals surface area (Å²) in [5, 5.41) is 11.6. The topological polar surface area (TPSA) is 106 Å². The summed E-state index contributed by atoms with van der Waals surface area (Å²) in [6.07, 6.45) is 3.52. The van der Waals surface area contributed by atoms with Crippen molar-refractivity contribution in [3.8, 4) is 0 Å². The molecule has 1 aromatic heterocycles. The van der Waals surface area contributed by atoms with Gasteiger partial charge in [-0.3, -0.25) is 14.2 Å². The van der Waals surface area contributed by atoms with Crippen molar-refractivity contribution >= 4 is 23.4 Å². The maximum Gasteiger partial charge on any atom is 0.292 e. The highest BCUT2D eigenvalue weighted by Gasteiger charge is 2.41. The second kappa shape index (κ2) is 8.59. The number of fused-ring (bicyclic) bond motifs is 1. The molecule has 1 aromatic carbocycles. The standard InChI is InChI=1S/C22H29ClN6O2/c1-14(2)25-20(30)18-26-27-19-21(31)28(10-11-29(18)19)17-6-8-22(13-24,9-7-17)15-4-3-5-16(23)12-15/h3-5,12,14,17H,6-11,13,24H2,1-2H3,(H,25,30). The molecule has 1 aliphatic carbocycles. The molecule has 0 radical (unpaired) electrons. The average molecular weight is 445 g/mol. The monoisotopic (exact) mass is 444 g/mol. The lowest BCUT2D eigenvalue weighted by Crippen LogP contribution is -2.51. The van der Waals surface area contributed by atoms with Crippen molar-refractivity contribution in [2.24, 2.45) is 5.73 Å². The highest BCUT2D eigenvalue weighted by atomic mass is 35.5. The fourth-order valence-electron chi connectivity index (χ4n) is 4.85. The highest BCUT2D eigenvalue weighted by Crippen LogP contribution is 2.41. The Hall–Kier alpha value is -2.45. The van der Waals surface area contributed by atoms with Gasteiger partial charge in [-0.15, -0.1) is 10.2 Å². The van der Waals surface area contributed by atoms with Crippen molar-refractivity contribution in [3.05, 3.63) is 46.5 Å². The number of rotatable bonds is 5. The number of amides is 2. The van der Waals surface area contributed by atoms with Gasteiger partial charge >= 0.3 is 0 Å². The molecular formula is C22H29ClN6O2. The van der Waals surface area contributed by atoms with Crippen LogP contribution in [0.15, 0.2) is 24.3 Å². The third kappa shape index (κ3) is 4.06. The number of nitrogens with one attached hydrogen (secondary N) is 1.